The summed E-state index contributed by atoms with van der Waals surface area (Å²) in [5.74, 6) is -1.08. The molecule has 1 aromatic carbocycles. The Morgan fingerprint density at radius 2 is 1.95 bits per heavy atom. The van der Waals surface area contributed by atoms with Crippen molar-refractivity contribution in [2.75, 3.05) is 11.1 Å². The maximum absolute atomic E-state index is 11.8. The van der Waals surface area contributed by atoms with Gasteiger partial charge in [0.25, 0.3) is 0 Å². The minimum Gasteiger partial charge on any atom is -0.478 e. The fourth-order valence-electron chi connectivity index (χ4n) is 1.42. The molecule has 2 aromatic rings. The number of rotatable bonds is 5. The number of thiophene rings is 1. The van der Waals surface area contributed by atoms with E-state index in [0.717, 1.165) is 4.90 Å². The van der Waals surface area contributed by atoms with E-state index in [1.807, 2.05) is 12.1 Å². The zero-order valence-corrected chi connectivity index (χ0v) is 12.5. The molecule has 2 rings (SSSR count). The van der Waals surface area contributed by atoms with Crippen LogP contribution in [0.3, 0.4) is 0 Å². The van der Waals surface area contributed by atoms with E-state index in [1.54, 1.807) is 17.5 Å². The lowest BCUT2D eigenvalue weighted by Gasteiger charge is -2.04. The number of carboxylic acids is 1. The van der Waals surface area contributed by atoms with Gasteiger partial charge in [0.2, 0.25) is 5.91 Å². The topological polar surface area (TPSA) is 66.4 Å². The molecule has 0 saturated heterocycles. The van der Waals surface area contributed by atoms with Crippen molar-refractivity contribution < 1.29 is 14.7 Å². The predicted molar refractivity (Wildman–Crippen MR) is 82.1 cm³/mol. The molecule has 0 aliphatic carbocycles. The first-order valence-corrected chi connectivity index (χ1v) is 7.79. The van der Waals surface area contributed by atoms with E-state index in [0.29, 0.717) is 10.0 Å². The standard InChI is InChI=1S/C13H10ClNO3S2/c14-8-1-3-9(4-2-8)20-7-11(16)15-12-10(13(17)18)5-6-19-12/h1-6H,7H2,(H,15,16)(H,17,18). The summed E-state index contributed by atoms with van der Waals surface area (Å²) in [6.07, 6.45) is 0. The van der Waals surface area contributed by atoms with Crippen LogP contribution in [-0.4, -0.2) is 22.7 Å². The van der Waals surface area contributed by atoms with Gasteiger partial charge in [0.15, 0.2) is 0 Å². The van der Waals surface area contributed by atoms with Crippen LogP contribution < -0.4 is 5.32 Å². The SMILES string of the molecule is O=C(CSc1ccc(Cl)cc1)Nc1sccc1C(=O)O. The average Bonchev–Trinajstić information content (AvgIpc) is 2.86. The van der Waals surface area contributed by atoms with Crippen molar-refractivity contribution in [1.82, 2.24) is 0 Å². The van der Waals surface area contributed by atoms with Gasteiger partial charge in [-0.3, -0.25) is 4.79 Å². The van der Waals surface area contributed by atoms with Gasteiger partial charge < -0.3 is 10.4 Å². The van der Waals surface area contributed by atoms with Crippen LogP contribution >= 0.6 is 34.7 Å². The number of carboxylic acid groups (broad SMARTS) is 1. The Bertz CT molecular complexity index is 625. The Balaban J connectivity index is 1.91. The lowest BCUT2D eigenvalue weighted by Crippen LogP contribution is -2.15. The molecule has 4 nitrogen and oxygen atoms in total. The third-order valence-corrected chi connectivity index (χ3v) is 4.43. The smallest absolute Gasteiger partial charge is 0.338 e. The highest BCUT2D eigenvalue weighted by Crippen LogP contribution is 2.24. The molecule has 7 heteroatoms. The van der Waals surface area contributed by atoms with E-state index in [4.69, 9.17) is 16.7 Å². The Hall–Kier alpha value is -1.50. The molecule has 2 N–H and O–H groups in total. The molecule has 0 fully saturated rings. The van der Waals surface area contributed by atoms with E-state index < -0.39 is 5.97 Å². The van der Waals surface area contributed by atoms with E-state index >= 15 is 0 Å². The van der Waals surface area contributed by atoms with Crippen LogP contribution in [0, 0.1) is 0 Å². The molecule has 0 bridgehead atoms. The van der Waals surface area contributed by atoms with E-state index in [9.17, 15) is 9.59 Å². The number of amides is 1. The van der Waals surface area contributed by atoms with Gasteiger partial charge in [-0.2, -0.15) is 0 Å². The van der Waals surface area contributed by atoms with E-state index in [1.165, 1.54) is 29.2 Å². The molecular weight excluding hydrogens is 318 g/mol. The summed E-state index contributed by atoms with van der Waals surface area (Å²) in [5.41, 5.74) is 0.111. The Morgan fingerprint density at radius 1 is 1.25 bits per heavy atom. The molecule has 0 saturated carbocycles. The van der Waals surface area contributed by atoms with Gasteiger partial charge in [0.1, 0.15) is 5.00 Å². The van der Waals surface area contributed by atoms with Gasteiger partial charge in [0, 0.05) is 9.92 Å². The quantitative estimate of drug-likeness (QED) is 0.819. The van der Waals surface area contributed by atoms with Crippen molar-refractivity contribution in [3.05, 3.63) is 46.3 Å². The lowest BCUT2D eigenvalue weighted by molar-refractivity contribution is -0.113. The molecule has 0 unspecified atom stereocenters. The molecule has 20 heavy (non-hydrogen) atoms. The number of thioether (sulfide) groups is 1. The first-order valence-electron chi connectivity index (χ1n) is 5.55. The molecule has 1 amide bonds. The maximum Gasteiger partial charge on any atom is 0.338 e. The fourth-order valence-corrected chi connectivity index (χ4v) is 3.04. The Morgan fingerprint density at radius 3 is 2.60 bits per heavy atom. The molecule has 0 aliphatic heterocycles. The minimum absolute atomic E-state index is 0.111. The van der Waals surface area contributed by atoms with E-state index in [2.05, 4.69) is 5.32 Å². The Labute approximate surface area is 128 Å². The molecule has 1 heterocycles. The maximum atomic E-state index is 11.8. The number of hydrogen-bond donors (Lipinski definition) is 2. The summed E-state index contributed by atoms with van der Waals surface area (Å²) >= 11 is 8.32. The van der Waals surface area contributed by atoms with Crippen LogP contribution in [0.25, 0.3) is 0 Å². The van der Waals surface area contributed by atoms with Crippen LogP contribution in [0.5, 0.6) is 0 Å². The molecular formula is C13H10ClNO3S2. The van der Waals surface area contributed by atoms with Crippen molar-refractivity contribution in [2.45, 2.75) is 4.90 Å². The molecule has 0 spiro atoms. The summed E-state index contributed by atoms with van der Waals surface area (Å²) < 4.78 is 0. The number of nitrogens with one attached hydrogen (secondary N) is 1. The molecule has 104 valence electrons. The van der Waals surface area contributed by atoms with Crippen molar-refractivity contribution in [3.63, 3.8) is 0 Å². The number of benzene rings is 1. The molecule has 1 aromatic heterocycles. The number of halogens is 1. The summed E-state index contributed by atoms with van der Waals surface area (Å²) in [4.78, 5) is 23.6. The van der Waals surface area contributed by atoms with Gasteiger partial charge in [0.05, 0.1) is 11.3 Å². The van der Waals surface area contributed by atoms with Crippen molar-refractivity contribution in [1.29, 1.82) is 0 Å². The molecule has 0 aliphatic rings. The molecule has 0 atom stereocenters. The lowest BCUT2D eigenvalue weighted by atomic mass is 10.3. The minimum atomic E-state index is -1.05. The average molecular weight is 328 g/mol. The van der Waals surface area contributed by atoms with Gasteiger partial charge in [-0.05, 0) is 35.7 Å². The number of carbonyl (C=O) groups is 2. The van der Waals surface area contributed by atoms with Gasteiger partial charge in [-0.25, -0.2) is 4.79 Å². The van der Waals surface area contributed by atoms with Gasteiger partial charge >= 0.3 is 5.97 Å². The van der Waals surface area contributed by atoms with E-state index in [-0.39, 0.29) is 17.2 Å². The summed E-state index contributed by atoms with van der Waals surface area (Å²) in [5, 5.41) is 14.2. The number of carbonyl (C=O) groups excluding carboxylic acids is 1. The highest BCUT2D eigenvalue weighted by Gasteiger charge is 2.13. The Kier molecular flexibility index (Phi) is 5.05. The van der Waals surface area contributed by atoms with Crippen LogP contribution in [0.4, 0.5) is 5.00 Å². The monoisotopic (exact) mass is 327 g/mol. The normalized spacial score (nSPS) is 10.2. The summed E-state index contributed by atoms with van der Waals surface area (Å²) in [6, 6.07) is 8.63. The number of anilines is 1. The largest absolute Gasteiger partial charge is 0.478 e. The highest BCUT2D eigenvalue weighted by atomic mass is 35.5. The van der Waals surface area contributed by atoms with Gasteiger partial charge in [-0.1, -0.05) is 11.6 Å². The second-order valence-electron chi connectivity index (χ2n) is 3.76. The van der Waals surface area contributed by atoms with Crippen LogP contribution in [0.2, 0.25) is 5.02 Å². The zero-order valence-electron chi connectivity index (χ0n) is 10.1. The zero-order chi connectivity index (χ0) is 14.5. The third-order valence-electron chi connectivity index (χ3n) is 2.33. The van der Waals surface area contributed by atoms with Crippen molar-refractivity contribution in [3.8, 4) is 0 Å². The van der Waals surface area contributed by atoms with Gasteiger partial charge in [-0.15, -0.1) is 23.1 Å². The van der Waals surface area contributed by atoms with Crippen LogP contribution in [0.15, 0.2) is 40.6 Å². The first kappa shape index (κ1) is 14.9. The first-order chi connectivity index (χ1) is 9.56. The van der Waals surface area contributed by atoms with Crippen LogP contribution in [0.1, 0.15) is 10.4 Å². The number of hydrogen-bond acceptors (Lipinski definition) is 4. The third kappa shape index (κ3) is 4.00. The second kappa shape index (κ2) is 6.78. The van der Waals surface area contributed by atoms with Crippen molar-refractivity contribution >= 4 is 51.6 Å². The second-order valence-corrected chi connectivity index (χ2v) is 6.16. The molecule has 0 radical (unpaired) electrons. The number of aromatic carboxylic acids is 1. The van der Waals surface area contributed by atoms with Crippen LogP contribution in [-0.2, 0) is 4.79 Å². The predicted octanol–water partition coefficient (Wildman–Crippen LogP) is 3.83. The highest BCUT2D eigenvalue weighted by molar-refractivity contribution is 8.00. The fraction of sp³-hybridized carbons (Fsp3) is 0.0769. The summed E-state index contributed by atoms with van der Waals surface area (Å²) in [7, 11) is 0. The van der Waals surface area contributed by atoms with Crippen molar-refractivity contribution in [2.24, 2.45) is 0 Å². The summed E-state index contributed by atoms with van der Waals surface area (Å²) in [6.45, 7) is 0.